The maximum Gasteiger partial charge on any atom is 0.123 e. The Hall–Kier alpha value is -2.29. The second kappa shape index (κ2) is 5.60. The summed E-state index contributed by atoms with van der Waals surface area (Å²) < 4.78 is 13.6. The quantitative estimate of drug-likeness (QED) is 0.917. The van der Waals surface area contributed by atoms with Crippen molar-refractivity contribution in [2.75, 3.05) is 6.67 Å². The predicted octanol–water partition coefficient (Wildman–Crippen LogP) is 3.94. The lowest BCUT2D eigenvalue weighted by molar-refractivity contribution is 0.384. The Morgan fingerprint density at radius 2 is 1.86 bits per heavy atom. The minimum atomic E-state index is -0.186. The lowest BCUT2D eigenvalue weighted by Gasteiger charge is -2.18. The second-order valence-electron chi connectivity index (χ2n) is 5.60. The summed E-state index contributed by atoms with van der Waals surface area (Å²) in [5, 5.41) is 3.14. The highest BCUT2D eigenvalue weighted by Gasteiger charge is 2.11. The van der Waals surface area contributed by atoms with Crippen LogP contribution in [0.5, 0.6) is 0 Å². The van der Waals surface area contributed by atoms with Gasteiger partial charge in [-0.05, 0) is 42.7 Å². The summed E-state index contributed by atoms with van der Waals surface area (Å²) in [6.07, 6.45) is 3.91. The topological polar surface area (TPSA) is 15.3 Å². The van der Waals surface area contributed by atoms with Gasteiger partial charge in [-0.2, -0.15) is 0 Å². The largest absolute Gasteiger partial charge is 0.373 e. The summed E-state index contributed by atoms with van der Waals surface area (Å²) in [5.74, 6) is -0.186. The molecule has 1 aliphatic heterocycles. The van der Waals surface area contributed by atoms with Crippen LogP contribution < -0.4 is 5.32 Å². The van der Waals surface area contributed by atoms with Gasteiger partial charge >= 0.3 is 0 Å². The van der Waals surface area contributed by atoms with Crippen molar-refractivity contribution < 1.29 is 4.39 Å². The highest BCUT2D eigenvalue weighted by atomic mass is 19.1. The van der Waals surface area contributed by atoms with Gasteiger partial charge in [-0.3, -0.25) is 0 Å². The number of nitrogens with one attached hydrogen (secondary N) is 1. The number of hydrogen-bond acceptors (Lipinski definition) is 2. The van der Waals surface area contributed by atoms with E-state index in [1.165, 1.54) is 17.2 Å². The first-order valence-electron chi connectivity index (χ1n) is 7.13. The lowest BCUT2D eigenvalue weighted by atomic mass is 9.96. The molecule has 0 atom stereocenters. The first-order chi connectivity index (χ1) is 10.1. The molecule has 0 saturated carbocycles. The van der Waals surface area contributed by atoms with Crippen LogP contribution in [0.25, 0.3) is 11.1 Å². The molecule has 2 aromatic carbocycles. The van der Waals surface area contributed by atoms with Crippen molar-refractivity contribution in [3.8, 4) is 11.1 Å². The molecule has 0 unspecified atom stereocenters. The predicted molar refractivity (Wildman–Crippen MR) is 84.0 cm³/mol. The third kappa shape index (κ3) is 3.07. The van der Waals surface area contributed by atoms with Gasteiger partial charge in [-0.1, -0.05) is 35.4 Å². The molecule has 0 spiro atoms. The Kier molecular flexibility index (Phi) is 3.65. The van der Waals surface area contributed by atoms with Gasteiger partial charge in [0.25, 0.3) is 0 Å². The fourth-order valence-electron chi connectivity index (χ4n) is 2.81. The summed E-state index contributed by atoms with van der Waals surface area (Å²) >= 11 is 0. The molecular formula is C18H19FN2. The molecule has 0 aromatic heterocycles. The number of benzene rings is 2. The van der Waals surface area contributed by atoms with Crippen LogP contribution in [0.4, 0.5) is 4.39 Å². The maximum absolute atomic E-state index is 13.6. The first-order valence-corrected chi connectivity index (χ1v) is 7.13. The average molecular weight is 282 g/mol. The van der Waals surface area contributed by atoms with E-state index in [9.17, 15) is 4.39 Å². The van der Waals surface area contributed by atoms with Gasteiger partial charge in [0.2, 0.25) is 0 Å². The molecule has 2 nitrogen and oxygen atoms in total. The van der Waals surface area contributed by atoms with Crippen molar-refractivity contribution in [3.63, 3.8) is 0 Å². The van der Waals surface area contributed by atoms with Gasteiger partial charge in [0.1, 0.15) is 5.82 Å². The Balaban J connectivity index is 2.02. The normalized spacial score (nSPS) is 13.6. The number of nitrogens with zero attached hydrogens (tertiary/aromatic N) is 1. The highest BCUT2D eigenvalue weighted by Crippen LogP contribution is 2.28. The summed E-state index contributed by atoms with van der Waals surface area (Å²) in [7, 11) is 0. The smallest absolute Gasteiger partial charge is 0.123 e. The van der Waals surface area contributed by atoms with Crippen LogP contribution in [0.2, 0.25) is 0 Å². The average Bonchev–Trinajstić information content (AvgIpc) is 2.90. The van der Waals surface area contributed by atoms with Gasteiger partial charge in [0.05, 0.1) is 6.67 Å². The molecular weight excluding hydrogens is 263 g/mol. The molecule has 2 aromatic rings. The van der Waals surface area contributed by atoms with E-state index >= 15 is 0 Å². The second-order valence-corrected chi connectivity index (χ2v) is 5.60. The van der Waals surface area contributed by atoms with Crippen LogP contribution >= 0.6 is 0 Å². The lowest BCUT2D eigenvalue weighted by Crippen LogP contribution is -2.20. The van der Waals surface area contributed by atoms with Crippen molar-refractivity contribution in [3.05, 3.63) is 71.3 Å². The summed E-state index contributed by atoms with van der Waals surface area (Å²) in [4.78, 5) is 2.13. The molecule has 0 aliphatic carbocycles. The van der Waals surface area contributed by atoms with E-state index < -0.39 is 0 Å². The van der Waals surface area contributed by atoms with Crippen LogP contribution in [0.15, 0.2) is 48.8 Å². The van der Waals surface area contributed by atoms with Gasteiger partial charge in [0, 0.05) is 18.9 Å². The Morgan fingerprint density at radius 3 is 2.52 bits per heavy atom. The third-order valence-electron chi connectivity index (χ3n) is 3.67. The molecule has 0 radical (unpaired) electrons. The summed E-state index contributed by atoms with van der Waals surface area (Å²) in [6, 6.07) is 11.5. The van der Waals surface area contributed by atoms with Gasteiger partial charge in [0.15, 0.2) is 0 Å². The zero-order chi connectivity index (χ0) is 14.8. The molecule has 108 valence electrons. The van der Waals surface area contributed by atoms with Crippen molar-refractivity contribution >= 4 is 0 Å². The van der Waals surface area contributed by atoms with Crippen LogP contribution in [0, 0.1) is 19.7 Å². The highest BCUT2D eigenvalue weighted by molar-refractivity contribution is 5.68. The van der Waals surface area contributed by atoms with Gasteiger partial charge in [-0.25, -0.2) is 4.39 Å². The number of hydrogen-bond donors (Lipinski definition) is 1. The molecule has 0 saturated heterocycles. The van der Waals surface area contributed by atoms with E-state index in [2.05, 4.69) is 42.3 Å². The molecule has 3 rings (SSSR count). The van der Waals surface area contributed by atoms with E-state index in [1.807, 2.05) is 18.5 Å². The van der Waals surface area contributed by atoms with Crippen LogP contribution in [0.3, 0.4) is 0 Å². The van der Waals surface area contributed by atoms with Crippen molar-refractivity contribution in [1.29, 1.82) is 0 Å². The molecule has 1 aliphatic rings. The summed E-state index contributed by atoms with van der Waals surface area (Å²) in [6.45, 7) is 5.64. The number of halogens is 1. The van der Waals surface area contributed by atoms with Crippen molar-refractivity contribution in [2.24, 2.45) is 0 Å². The molecule has 3 heteroatoms. The van der Waals surface area contributed by atoms with Gasteiger partial charge in [-0.15, -0.1) is 0 Å². The monoisotopic (exact) mass is 282 g/mol. The third-order valence-corrected chi connectivity index (χ3v) is 3.67. The molecule has 1 heterocycles. The van der Waals surface area contributed by atoms with Crippen LogP contribution in [0.1, 0.15) is 16.7 Å². The minimum absolute atomic E-state index is 0.186. The Bertz CT molecular complexity index is 671. The zero-order valence-corrected chi connectivity index (χ0v) is 12.4. The zero-order valence-electron chi connectivity index (χ0n) is 12.4. The minimum Gasteiger partial charge on any atom is -0.373 e. The first kappa shape index (κ1) is 13.7. The Labute approximate surface area is 124 Å². The summed E-state index contributed by atoms with van der Waals surface area (Å²) in [5.41, 5.74) is 5.71. The van der Waals surface area contributed by atoms with E-state index in [0.29, 0.717) is 6.54 Å². The van der Waals surface area contributed by atoms with E-state index in [-0.39, 0.29) is 5.82 Å². The maximum atomic E-state index is 13.6. The van der Waals surface area contributed by atoms with E-state index in [1.54, 1.807) is 6.07 Å². The Morgan fingerprint density at radius 1 is 1.10 bits per heavy atom. The fourth-order valence-corrected chi connectivity index (χ4v) is 2.81. The molecule has 0 fully saturated rings. The van der Waals surface area contributed by atoms with Gasteiger partial charge < -0.3 is 10.2 Å². The fraction of sp³-hybridized carbons (Fsp3) is 0.222. The van der Waals surface area contributed by atoms with E-state index in [4.69, 9.17) is 0 Å². The van der Waals surface area contributed by atoms with Crippen molar-refractivity contribution in [2.45, 2.75) is 20.4 Å². The number of rotatable bonds is 3. The SMILES string of the molecule is Cc1cc(C)cc(-c2ccc(F)cc2CN2C=CNC2)c1. The van der Waals surface area contributed by atoms with E-state index in [0.717, 1.165) is 23.4 Å². The standard InChI is InChI=1S/C18H19FN2/c1-13-7-14(2)9-15(8-13)18-4-3-17(19)10-16(18)11-21-6-5-20-12-21/h3-10,20H,11-12H2,1-2H3. The van der Waals surface area contributed by atoms with Crippen molar-refractivity contribution in [1.82, 2.24) is 10.2 Å². The molecule has 21 heavy (non-hydrogen) atoms. The van der Waals surface area contributed by atoms with Crippen LogP contribution in [-0.4, -0.2) is 11.6 Å². The number of aryl methyl sites for hydroxylation is 2. The van der Waals surface area contributed by atoms with Crippen LogP contribution in [-0.2, 0) is 6.54 Å². The molecule has 1 N–H and O–H groups in total. The molecule has 0 amide bonds. The molecule has 0 bridgehead atoms.